The van der Waals surface area contributed by atoms with Crippen LogP contribution in [0.1, 0.15) is 5.56 Å². The molecule has 0 saturated heterocycles. The van der Waals surface area contributed by atoms with Crippen molar-refractivity contribution in [1.29, 1.82) is 0 Å². The normalized spacial score (nSPS) is 10.5. The Balaban J connectivity index is 2.42. The molecule has 3 heteroatoms. The van der Waals surface area contributed by atoms with E-state index in [0.717, 1.165) is 11.1 Å². The van der Waals surface area contributed by atoms with Gasteiger partial charge in [-0.3, -0.25) is 4.79 Å². The summed E-state index contributed by atoms with van der Waals surface area (Å²) in [6.45, 7) is 0. The number of fused-ring (bicyclic) bond motifs is 1. The van der Waals surface area contributed by atoms with Gasteiger partial charge in [0.1, 0.15) is 0 Å². The van der Waals surface area contributed by atoms with E-state index >= 15 is 0 Å². The first-order chi connectivity index (χ1) is 6.25. The number of carboxylic acids is 1. The second-order valence-corrected chi connectivity index (χ2v) is 2.95. The first-order valence-corrected chi connectivity index (χ1v) is 4.03. The predicted molar refractivity (Wildman–Crippen MR) is 48.7 cm³/mol. The summed E-state index contributed by atoms with van der Waals surface area (Å²) in [5.74, 6) is -0.795. The van der Waals surface area contributed by atoms with E-state index < -0.39 is 5.97 Å². The maximum Gasteiger partial charge on any atom is 0.307 e. The third-order valence-corrected chi connectivity index (χ3v) is 1.95. The molecule has 0 radical (unpaired) electrons. The van der Waals surface area contributed by atoms with Gasteiger partial charge >= 0.3 is 5.97 Å². The lowest BCUT2D eigenvalue weighted by Crippen LogP contribution is -2.00. The summed E-state index contributed by atoms with van der Waals surface area (Å²) in [5.41, 5.74) is 1.86. The lowest BCUT2D eigenvalue weighted by atomic mass is 10.2. The van der Waals surface area contributed by atoms with Gasteiger partial charge in [0.2, 0.25) is 0 Å². The molecule has 0 unspecified atom stereocenters. The highest BCUT2D eigenvalue weighted by atomic mass is 16.4. The topological polar surface area (TPSA) is 41.7 Å². The van der Waals surface area contributed by atoms with Gasteiger partial charge < -0.3 is 9.51 Å². The Kier molecular flexibility index (Phi) is 1.77. The summed E-state index contributed by atoms with van der Waals surface area (Å²) in [6.07, 6.45) is 3.88. The van der Waals surface area contributed by atoms with Crippen molar-refractivity contribution in [3.63, 3.8) is 0 Å². The number of aliphatic carboxylic acids is 1. The molecular weight excluding hydrogens is 166 g/mol. The Morgan fingerprint density at radius 1 is 1.38 bits per heavy atom. The van der Waals surface area contributed by atoms with Crippen molar-refractivity contribution in [2.45, 2.75) is 6.42 Å². The molecule has 0 aliphatic heterocycles. The highest BCUT2D eigenvalue weighted by Crippen LogP contribution is 2.08. The highest BCUT2D eigenvalue weighted by molar-refractivity contribution is 5.71. The summed E-state index contributed by atoms with van der Waals surface area (Å²) in [4.78, 5) is 10.4. The summed E-state index contributed by atoms with van der Waals surface area (Å²) >= 11 is 0. The monoisotopic (exact) mass is 175 g/mol. The standard InChI is InChI=1S/C10H9NO2/c12-10(13)7-8-3-5-11-4-1-2-9(11)6-8/h1-6H,7H2,(H,12,13). The van der Waals surface area contributed by atoms with Crippen LogP contribution in [-0.2, 0) is 11.2 Å². The fourth-order valence-corrected chi connectivity index (χ4v) is 1.36. The van der Waals surface area contributed by atoms with Crippen molar-refractivity contribution in [2.75, 3.05) is 0 Å². The zero-order valence-corrected chi connectivity index (χ0v) is 6.97. The zero-order valence-electron chi connectivity index (χ0n) is 6.97. The minimum absolute atomic E-state index is 0.0850. The Labute approximate surface area is 75.2 Å². The molecule has 0 aliphatic carbocycles. The van der Waals surface area contributed by atoms with Gasteiger partial charge in [0.15, 0.2) is 0 Å². The highest BCUT2D eigenvalue weighted by Gasteiger charge is 2.00. The number of hydrogen-bond acceptors (Lipinski definition) is 1. The maximum absolute atomic E-state index is 10.4. The molecule has 0 spiro atoms. The average molecular weight is 175 g/mol. The third-order valence-electron chi connectivity index (χ3n) is 1.95. The van der Waals surface area contributed by atoms with E-state index in [1.807, 2.05) is 41.1 Å². The number of carboxylic acid groups (broad SMARTS) is 1. The van der Waals surface area contributed by atoms with Crippen molar-refractivity contribution in [2.24, 2.45) is 0 Å². The molecule has 0 bridgehead atoms. The minimum Gasteiger partial charge on any atom is -0.481 e. The van der Waals surface area contributed by atoms with Crippen LogP contribution in [0.2, 0.25) is 0 Å². The molecule has 2 rings (SSSR count). The second-order valence-electron chi connectivity index (χ2n) is 2.95. The van der Waals surface area contributed by atoms with Gasteiger partial charge in [0.25, 0.3) is 0 Å². The minimum atomic E-state index is -0.795. The molecule has 0 aliphatic rings. The fourth-order valence-electron chi connectivity index (χ4n) is 1.36. The Hall–Kier alpha value is -1.77. The SMILES string of the molecule is O=C(O)Cc1ccn2cccc2c1. The van der Waals surface area contributed by atoms with Crippen molar-refractivity contribution in [3.05, 3.63) is 42.2 Å². The van der Waals surface area contributed by atoms with Crippen LogP contribution in [0, 0.1) is 0 Å². The van der Waals surface area contributed by atoms with E-state index in [0.29, 0.717) is 0 Å². The van der Waals surface area contributed by atoms with Crippen LogP contribution in [0.4, 0.5) is 0 Å². The summed E-state index contributed by atoms with van der Waals surface area (Å²) in [7, 11) is 0. The number of aromatic nitrogens is 1. The van der Waals surface area contributed by atoms with Gasteiger partial charge in [-0.05, 0) is 29.8 Å². The van der Waals surface area contributed by atoms with Gasteiger partial charge in [-0.15, -0.1) is 0 Å². The van der Waals surface area contributed by atoms with Crippen LogP contribution in [-0.4, -0.2) is 15.5 Å². The summed E-state index contributed by atoms with van der Waals surface area (Å²) in [6, 6.07) is 7.58. The number of hydrogen-bond donors (Lipinski definition) is 1. The van der Waals surface area contributed by atoms with Gasteiger partial charge in [-0.1, -0.05) is 0 Å². The molecule has 0 aromatic carbocycles. The lowest BCUT2D eigenvalue weighted by Gasteiger charge is -1.98. The van der Waals surface area contributed by atoms with Crippen LogP contribution < -0.4 is 0 Å². The molecule has 1 N–H and O–H groups in total. The molecule has 13 heavy (non-hydrogen) atoms. The smallest absolute Gasteiger partial charge is 0.307 e. The van der Waals surface area contributed by atoms with Crippen LogP contribution in [0.25, 0.3) is 5.52 Å². The fraction of sp³-hybridized carbons (Fsp3) is 0.100. The summed E-state index contributed by atoms with van der Waals surface area (Å²) in [5, 5.41) is 8.58. The molecule has 2 heterocycles. The van der Waals surface area contributed by atoms with Crippen molar-refractivity contribution in [3.8, 4) is 0 Å². The van der Waals surface area contributed by atoms with Gasteiger partial charge in [0.05, 0.1) is 6.42 Å². The number of pyridine rings is 1. The number of rotatable bonds is 2. The Morgan fingerprint density at radius 2 is 2.23 bits per heavy atom. The molecule has 0 atom stereocenters. The summed E-state index contributed by atoms with van der Waals surface area (Å²) < 4.78 is 1.95. The van der Waals surface area contributed by atoms with Gasteiger partial charge in [0, 0.05) is 17.9 Å². The van der Waals surface area contributed by atoms with Crippen LogP contribution in [0.3, 0.4) is 0 Å². The van der Waals surface area contributed by atoms with Gasteiger partial charge in [-0.2, -0.15) is 0 Å². The van der Waals surface area contributed by atoms with Crippen LogP contribution in [0.15, 0.2) is 36.7 Å². The van der Waals surface area contributed by atoms with Crippen LogP contribution >= 0.6 is 0 Å². The maximum atomic E-state index is 10.4. The Morgan fingerprint density at radius 3 is 3.00 bits per heavy atom. The lowest BCUT2D eigenvalue weighted by molar-refractivity contribution is -0.136. The molecule has 3 nitrogen and oxygen atoms in total. The van der Waals surface area contributed by atoms with E-state index in [9.17, 15) is 4.79 Å². The zero-order chi connectivity index (χ0) is 9.26. The molecule has 0 amide bonds. The molecular formula is C10H9NO2. The Bertz CT molecular complexity index is 445. The largest absolute Gasteiger partial charge is 0.481 e. The second kappa shape index (κ2) is 2.94. The third kappa shape index (κ3) is 1.54. The van der Waals surface area contributed by atoms with E-state index in [2.05, 4.69) is 0 Å². The van der Waals surface area contributed by atoms with Crippen molar-refractivity contribution < 1.29 is 9.90 Å². The molecule has 0 fully saturated rings. The number of nitrogens with zero attached hydrogens (tertiary/aromatic N) is 1. The van der Waals surface area contributed by atoms with Crippen molar-refractivity contribution in [1.82, 2.24) is 4.40 Å². The average Bonchev–Trinajstić information content (AvgIpc) is 2.49. The quantitative estimate of drug-likeness (QED) is 0.752. The van der Waals surface area contributed by atoms with E-state index in [-0.39, 0.29) is 6.42 Å². The first kappa shape index (κ1) is 7.86. The van der Waals surface area contributed by atoms with Gasteiger partial charge in [-0.25, -0.2) is 0 Å². The van der Waals surface area contributed by atoms with Crippen molar-refractivity contribution >= 4 is 11.5 Å². The van der Waals surface area contributed by atoms with E-state index in [4.69, 9.17) is 5.11 Å². The molecule has 0 saturated carbocycles. The molecule has 2 aromatic rings. The number of carbonyl (C=O) groups is 1. The van der Waals surface area contributed by atoms with Crippen LogP contribution in [0.5, 0.6) is 0 Å². The van der Waals surface area contributed by atoms with E-state index in [1.165, 1.54) is 0 Å². The molecule has 66 valence electrons. The predicted octanol–water partition coefficient (Wildman–Crippen LogP) is 1.57. The first-order valence-electron chi connectivity index (χ1n) is 4.03. The van der Waals surface area contributed by atoms with E-state index in [1.54, 1.807) is 0 Å². The molecule has 2 aromatic heterocycles.